The molecule has 9 rings (SSSR count). The van der Waals surface area contributed by atoms with E-state index in [1.54, 1.807) is 0 Å². The summed E-state index contributed by atoms with van der Waals surface area (Å²) in [7, 11) is 0. The summed E-state index contributed by atoms with van der Waals surface area (Å²) in [5, 5.41) is 3.50. The van der Waals surface area contributed by atoms with Crippen molar-refractivity contribution >= 4 is 84.0 Å². The van der Waals surface area contributed by atoms with Gasteiger partial charge < -0.3 is 0 Å². The minimum atomic E-state index is 1.17. The zero-order valence-corrected chi connectivity index (χ0v) is 34.1. The van der Waals surface area contributed by atoms with E-state index in [-0.39, 0.29) is 0 Å². The van der Waals surface area contributed by atoms with E-state index >= 15 is 0 Å². The van der Waals surface area contributed by atoms with Crippen molar-refractivity contribution in [1.29, 1.82) is 0 Å². The van der Waals surface area contributed by atoms with E-state index in [2.05, 4.69) is 242 Å². The van der Waals surface area contributed by atoms with Crippen LogP contribution in [0.1, 0.15) is 48.0 Å². The van der Waals surface area contributed by atoms with Crippen LogP contribution in [0.4, 0.5) is 15.0 Å². The summed E-state index contributed by atoms with van der Waals surface area (Å²) >= 11 is 5.44. The second-order valence-corrected chi connectivity index (χ2v) is 17.0. The Balaban J connectivity index is 1.15. The van der Waals surface area contributed by atoms with E-state index in [0.717, 1.165) is 0 Å². The van der Waals surface area contributed by atoms with Gasteiger partial charge in [-0.2, -0.15) is 0 Å². The number of hydrogen-bond donors (Lipinski definition) is 0. The SMILES string of the molecule is C(=C(c1ccccc1)c1ccccc1)c1ccc(N(c2ccc(C=C(c3ccccc3)c3ccccc3)s2)c2ccc(C=C(c3ccccc3)c3ccccc3)s2)s1. The fourth-order valence-corrected chi connectivity index (χ4v) is 10.2. The third kappa shape index (κ3) is 8.56. The first-order valence-electron chi connectivity index (χ1n) is 19.3. The highest BCUT2D eigenvalue weighted by Gasteiger charge is 2.20. The Morgan fingerprint density at radius 3 is 0.672 bits per heavy atom. The van der Waals surface area contributed by atoms with Crippen LogP contribution in [-0.2, 0) is 0 Å². The van der Waals surface area contributed by atoms with Crippen LogP contribution in [-0.4, -0.2) is 0 Å². The molecule has 0 spiro atoms. The second kappa shape index (κ2) is 17.7. The first-order chi connectivity index (χ1) is 28.7. The van der Waals surface area contributed by atoms with Gasteiger partial charge in [-0.15, -0.1) is 34.0 Å². The second-order valence-electron chi connectivity index (χ2n) is 13.7. The topological polar surface area (TPSA) is 3.24 Å². The van der Waals surface area contributed by atoms with Gasteiger partial charge in [-0.1, -0.05) is 182 Å². The van der Waals surface area contributed by atoms with Crippen molar-refractivity contribution in [3.63, 3.8) is 0 Å². The van der Waals surface area contributed by atoms with Crippen molar-refractivity contribution < 1.29 is 0 Å². The van der Waals surface area contributed by atoms with E-state index in [1.807, 2.05) is 34.0 Å². The Kier molecular flexibility index (Phi) is 11.3. The normalized spacial score (nSPS) is 10.8. The van der Waals surface area contributed by atoms with E-state index in [4.69, 9.17) is 0 Å². The van der Waals surface area contributed by atoms with Crippen molar-refractivity contribution in [3.05, 3.63) is 266 Å². The molecule has 0 aliphatic heterocycles. The Morgan fingerprint density at radius 2 is 0.466 bits per heavy atom. The molecular formula is C54H39NS3. The highest BCUT2D eigenvalue weighted by molar-refractivity contribution is 7.21. The predicted molar refractivity (Wildman–Crippen MR) is 254 cm³/mol. The molecule has 0 aliphatic carbocycles. The van der Waals surface area contributed by atoms with Crippen LogP contribution in [0.3, 0.4) is 0 Å². The largest absolute Gasteiger partial charge is 0.284 e. The standard InChI is InChI=1S/C54H39NS3/c1-7-19-40(20-8-1)49(41-21-9-2-10-22-41)37-46-31-34-52(56-46)55(53-35-32-47(57-53)38-50(42-23-11-3-12-24-42)43-25-13-4-14-26-43)54-36-33-48(58-54)39-51(44-27-15-5-16-28-44)45-29-17-6-18-30-45/h1-39H. The third-order valence-electron chi connectivity index (χ3n) is 9.87. The van der Waals surface area contributed by atoms with Gasteiger partial charge in [0.05, 0.1) is 0 Å². The van der Waals surface area contributed by atoms with Crippen molar-refractivity contribution in [2.24, 2.45) is 0 Å². The summed E-state index contributed by atoms with van der Waals surface area (Å²) in [4.78, 5) is 6.03. The lowest BCUT2D eigenvalue weighted by Gasteiger charge is -2.19. The molecular weight excluding hydrogens is 759 g/mol. The van der Waals surface area contributed by atoms with Gasteiger partial charge in [0.1, 0.15) is 15.0 Å². The van der Waals surface area contributed by atoms with Gasteiger partial charge in [-0.3, -0.25) is 4.90 Å². The zero-order valence-electron chi connectivity index (χ0n) is 31.7. The van der Waals surface area contributed by atoms with Gasteiger partial charge >= 0.3 is 0 Å². The highest BCUT2D eigenvalue weighted by Crippen LogP contribution is 2.46. The van der Waals surface area contributed by atoms with Crippen LogP contribution in [0.5, 0.6) is 0 Å². The summed E-state index contributed by atoms with van der Waals surface area (Å²) in [6.45, 7) is 0. The first kappa shape index (κ1) is 37.0. The number of rotatable bonds is 12. The maximum Gasteiger partial charge on any atom is 0.102 e. The molecule has 58 heavy (non-hydrogen) atoms. The number of thiophene rings is 3. The van der Waals surface area contributed by atoms with Crippen molar-refractivity contribution in [1.82, 2.24) is 0 Å². The summed E-state index contributed by atoms with van der Waals surface area (Å²) < 4.78 is 0. The molecule has 0 N–H and O–H groups in total. The minimum absolute atomic E-state index is 1.17. The lowest BCUT2D eigenvalue weighted by atomic mass is 9.97. The van der Waals surface area contributed by atoms with E-state index < -0.39 is 0 Å². The molecule has 0 bridgehead atoms. The third-order valence-corrected chi connectivity index (χ3v) is 12.9. The van der Waals surface area contributed by atoms with Crippen LogP contribution >= 0.6 is 34.0 Å². The molecule has 9 aromatic rings. The summed E-state index contributed by atoms with van der Waals surface area (Å²) in [5.41, 5.74) is 10.8. The fraction of sp³-hybridized carbons (Fsp3) is 0. The lowest BCUT2D eigenvalue weighted by molar-refractivity contribution is 1.40. The lowest BCUT2D eigenvalue weighted by Crippen LogP contribution is -2.04. The van der Waals surface area contributed by atoms with Crippen molar-refractivity contribution in [2.75, 3.05) is 4.90 Å². The Labute approximate surface area is 353 Å². The molecule has 4 heteroatoms. The molecule has 0 amide bonds. The monoisotopic (exact) mass is 797 g/mol. The molecule has 0 aliphatic rings. The Hall–Kier alpha value is -6.56. The fourth-order valence-electron chi connectivity index (χ4n) is 7.08. The molecule has 3 heterocycles. The molecule has 0 saturated carbocycles. The van der Waals surface area contributed by atoms with Gasteiger partial charge in [0.25, 0.3) is 0 Å². The molecule has 1 nitrogen and oxygen atoms in total. The van der Waals surface area contributed by atoms with Crippen LogP contribution in [0.25, 0.3) is 34.9 Å². The van der Waals surface area contributed by atoms with Crippen molar-refractivity contribution in [2.45, 2.75) is 0 Å². The predicted octanol–water partition coefficient (Wildman–Crippen LogP) is 16.1. The van der Waals surface area contributed by atoms with Gasteiger partial charge in [0.2, 0.25) is 0 Å². The average Bonchev–Trinajstić information content (AvgIpc) is 4.09. The molecule has 0 unspecified atom stereocenters. The Morgan fingerprint density at radius 1 is 0.259 bits per heavy atom. The quantitative estimate of drug-likeness (QED) is 0.119. The molecule has 0 radical (unpaired) electrons. The number of nitrogens with zero attached hydrogens (tertiary/aromatic N) is 1. The molecule has 278 valence electrons. The number of anilines is 3. The maximum absolute atomic E-state index is 2.44. The molecule has 0 fully saturated rings. The van der Waals surface area contributed by atoms with E-state index in [9.17, 15) is 0 Å². The van der Waals surface area contributed by atoms with Crippen LogP contribution in [0.15, 0.2) is 218 Å². The van der Waals surface area contributed by atoms with Crippen molar-refractivity contribution in [3.8, 4) is 0 Å². The highest BCUT2D eigenvalue weighted by atomic mass is 32.1. The minimum Gasteiger partial charge on any atom is -0.284 e. The zero-order chi connectivity index (χ0) is 38.9. The summed E-state index contributed by atoms with van der Waals surface area (Å²) in [5.74, 6) is 0. The maximum atomic E-state index is 2.44. The molecule has 3 aromatic heterocycles. The van der Waals surface area contributed by atoms with Gasteiger partial charge in [0, 0.05) is 14.6 Å². The number of hydrogen-bond acceptors (Lipinski definition) is 4. The van der Waals surface area contributed by atoms with Crippen LogP contribution in [0.2, 0.25) is 0 Å². The van der Waals surface area contributed by atoms with Gasteiger partial charge in [-0.25, -0.2) is 0 Å². The van der Waals surface area contributed by atoms with Crippen LogP contribution in [0, 0.1) is 0 Å². The van der Waals surface area contributed by atoms with Crippen LogP contribution < -0.4 is 4.90 Å². The smallest absolute Gasteiger partial charge is 0.102 e. The first-order valence-corrected chi connectivity index (χ1v) is 21.8. The number of benzene rings is 6. The van der Waals surface area contributed by atoms with Gasteiger partial charge in [0.15, 0.2) is 0 Å². The molecule has 6 aromatic carbocycles. The van der Waals surface area contributed by atoms with Gasteiger partial charge in [-0.05, 0) is 105 Å². The van der Waals surface area contributed by atoms with E-state index in [1.165, 1.54) is 79.7 Å². The summed E-state index contributed by atoms with van der Waals surface area (Å²) in [6.07, 6.45) is 7.00. The molecule has 0 atom stereocenters. The van der Waals surface area contributed by atoms with E-state index in [0.29, 0.717) is 0 Å². The average molecular weight is 798 g/mol. The molecule has 0 saturated heterocycles. The Bertz CT molecular complexity index is 2360. The summed E-state index contributed by atoms with van der Waals surface area (Å²) in [6, 6.07) is 77.7.